The molecule has 1 saturated carbocycles. The highest BCUT2D eigenvalue weighted by Crippen LogP contribution is 2.63. The summed E-state index contributed by atoms with van der Waals surface area (Å²) >= 11 is 0. The monoisotopic (exact) mass is 382 g/mol. The van der Waals surface area contributed by atoms with E-state index >= 15 is 0 Å². The fraction of sp³-hybridized carbons (Fsp3) is 0.857. The molecule has 0 unspecified atom stereocenters. The molecule has 3 aliphatic rings. The van der Waals surface area contributed by atoms with Crippen LogP contribution in [0.3, 0.4) is 0 Å². The van der Waals surface area contributed by atoms with Gasteiger partial charge in [0.2, 0.25) is 0 Å². The molecular weight excluding hydrogens is 348 g/mol. The number of aliphatic hydroxyl groups is 3. The molecule has 0 radical (unpaired) electrons. The minimum Gasteiger partial charge on any atom is -0.458 e. The van der Waals surface area contributed by atoms with Gasteiger partial charge < -0.3 is 24.8 Å². The molecule has 0 aromatic carbocycles. The number of esters is 1. The van der Waals surface area contributed by atoms with Gasteiger partial charge >= 0.3 is 5.97 Å². The summed E-state index contributed by atoms with van der Waals surface area (Å²) in [4.78, 5) is 12.4. The van der Waals surface area contributed by atoms with Crippen LogP contribution in [0.4, 0.5) is 0 Å². The van der Waals surface area contributed by atoms with Crippen molar-refractivity contribution in [3.05, 3.63) is 11.6 Å². The van der Waals surface area contributed by atoms with Gasteiger partial charge in [0, 0.05) is 17.8 Å². The van der Waals surface area contributed by atoms with Crippen LogP contribution in [0.15, 0.2) is 11.6 Å². The zero-order valence-electron chi connectivity index (χ0n) is 16.9. The van der Waals surface area contributed by atoms with Gasteiger partial charge in [-0.1, -0.05) is 40.5 Å². The van der Waals surface area contributed by atoms with E-state index in [-0.39, 0.29) is 23.9 Å². The highest BCUT2D eigenvalue weighted by atomic mass is 16.6. The molecular formula is C21H34O6. The van der Waals surface area contributed by atoms with E-state index in [0.29, 0.717) is 18.4 Å². The van der Waals surface area contributed by atoms with Gasteiger partial charge in [-0.2, -0.15) is 0 Å². The molecule has 3 N–H and O–H groups in total. The third-order valence-electron chi connectivity index (χ3n) is 7.25. The van der Waals surface area contributed by atoms with Gasteiger partial charge in [0.1, 0.15) is 11.7 Å². The third kappa shape index (κ3) is 3.05. The molecule has 0 aromatic heterocycles. The molecule has 1 aliphatic heterocycles. The number of carbonyl (C=O) groups is 1. The quantitative estimate of drug-likeness (QED) is 0.384. The number of hydrogen-bond acceptors (Lipinski definition) is 6. The topological polar surface area (TPSA) is 96.2 Å². The number of carbonyl (C=O) groups excluding carboxylic acids is 1. The smallest absolute Gasteiger partial charge is 0.306 e. The van der Waals surface area contributed by atoms with Gasteiger partial charge in [-0.3, -0.25) is 4.79 Å². The minimum absolute atomic E-state index is 0.0665. The lowest BCUT2D eigenvalue weighted by Crippen LogP contribution is -2.70. The fourth-order valence-electron chi connectivity index (χ4n) is 5.73. The summed E-state index contributed by atoms with van der Waals surface area (Å²) in [5.41, 5.74) is -2.55. The Morgan fingerprint density at radius 2 is 2.00 bits per heavy atom. The van der Waals surface area contributed by atoms with E-state index in [4.69, 9.17) is 9.47 Å². The van der Waals surface area contributed by atoms with Crippen LogP contribution < -0.4 is 0 Å². The Balaban J connectivity index is 1.99. The third-order valence-corrected chi connectivity index (χ3v) is 7.25. The summed E-state index contributed by atoms with van der Waals surface area (Å²) in [6.07, 6.45) is 3.38. The van der Waals surface area contributed by atoms with Crippen molar-refractivity contribution in [2.24, 2.45) is 16.7 Å². The molecule has 154 valence electrons. The van der Waals surface area contributed by atoms with Crippen LogP contribution in [0.2, 0.25) is 0 Å². The first-order valence-corrected chi connectivity index (χ1v) is 10.2. The molecule has 0 amide bonds. The lowest BCUT2D eigenvalue weighted by Gasteiger charge is -2.62. The lowest BCUT2D eigenvalue weighted by atomic mass is 9.45. The molecule has 6 atom stereocenters. The number of fused-ring (bicyclic) bond motifs is 3. The maximum Gasteiger partial charge on any atom is 0.306 e. The van der Waals surface area contributed by atoms with Crippen molar-refractivity contribution in [2.75, 3.05) is 6.61 Å². The van der Waals surface area contributed by atoms with Gasteiger partial charge in [0.15, 0.2) is 6.29 Å². The molecule has 1 heterocycles. The Morgan fingerprint density at radius 1 is 1.30 bits per heavy atom. The Morgan fingerprint density at radius 3 is 2.67 bits per heavy atom. The number of ether oxygens (including phenoxy) is 2. The van der Waals surface area contributed by atoms with Crippen LogP contribution >= 0.6 is 0 Å². The summed E-state index contributed by atoms with van der Waals surface area (Å²) in [7, 11) is 0. The number of rotatable bonds is 5. The van der Waals surface area contributed by atoms with Crippen LogP contribution in [0, 0.1) is 16.7 Å². The molecule has 1 saturated heterocycles. The van der Waals surface area contributed by atoms with Crippen molar-refractivity contribution in [3.8, 4) is 0 Å². The SMILES string of the molecule is CCCCCC(=O)O[C@@H]1C=C2CO[C@H](O)[C@]2(O)[C@]2(C)[C@H](O)CCC(C)(C)[C@@H]12. The lowest BCUT2D eigenvalue weighted by molar-refractivity contribution is -0.272. The van der Waals surface area contributed by atoms with Crippen molar-refractivity contribution < 1.29 is 29.6 Å². The molecule has 0 bridgehead atoms. The summed E-state index contributed by atoms with van der Waals surface area (Å²) in [6.45, 7) is 8.10. The van der Waals surface area contributed by atoms with E-state index in [1.54, 1.807) is 13.0 Å². The van der Waals surface area contributed by atoms with Crippen LogP contribution in [0.25, 0.3) is 0 Å². The maximum absolute atomic E-state index is 12.4. The number of aliphatic hydroxyl groups excluding tert-OH is 2. The summed E-state index contributed by atoms with van der Waals surface area (Å²) < 4.78 is 11.2. The van der Waals surface area contributed by atoms with Crippen molar-refractivity contribution in [1.82, 2.24) is 0 Å². The molecule has 0 spiro atoms. The van der Waals surface area contributed by atoms with Gasteiger partial charge in [0.25, 0.3) is 0 Å². The van der Waals surface area contributed by atoms with E-state index in [1.807, 2.05) is 0 Å². The average molecular weight is 382 g/mol. The minimum atomic E-state index is -1.68. The van der Waals surface area contributed by atoms with Crippen molar-refractivity contribution in [1.29, 1.82) is 0 Å². The molecule has 27 heavy (non-hydrogen) atoms. The normalized spacial score (nSPS) is 42.9. The molecule has 2 fully saturated rings. The average Bonchev–Trinajstić information content (AvgIpc) is 2.88. The second kappa shape index (κ2) is 7.14. The Bertz CT molecular complexity index is 614. The van der Waals surface area contributed by atoms with Crippen molar-refractivity contribution in [2.45, 2.75) is 90.3 Å². The summed E-state index contributed by atoms with van der Waals surface area (Å²) in [5.74, 6) is -0.595. The van der Waals surface area contributed by atoms with Gasteiger partial charge in [-0.25, -0.2) is 0 Å². The summed E-state index contributed by atoms with van der Waals surface area (Å²) in [5, 5.41) is 32.9. The predicted octanol–water partition coefficient (Wildman–Crippen LogP) is 2.30. The predicted molar refractivity (Wildman–Crippen MR) is 99.6 cm³/mol. The number of unbranched alkanes of at least 4 members (excludes halogenated alkanes) is 2. The molecule has 3 rings (SSSR count). The summed E-state index contributed by atoms with van der Waals surface area (Å²) in [6, 6.07) is 0. The zero-order chi connectivity index (χ0) is 20.0. The van der Waals surface area contributed by atoms with Gasteiger partial charge in [-0.15, -0.1) is 0 Å². The Labute approximate surface area is 161 Å². The molecule has 6 nitrogen and oxygen atoms in total. The van der Waals surface area contributed by atoms with Gasteiger partial charge in [-0.05, 0) is 36.3 Å². The first kappa shape index (κ1) is 20.8. The highest BCUT2D eigenvalue weighted by Gasteiger charge is 2.71. The fourth-order valence-corrected chi connectivity index (χ4v) is 5.73. The molecule has 6 heteroatoms. The zero-order valence-corrected chi connectivity index (χ0v) is 16.9. The van der Waals surface area contributed by atoms with Crippen molar-refractivity contribution in [3.63, 3.8) is 0 Å². The van der Waals surface area contributed by atoms with E-state index in [9.17, 15) is 20.1 Å². The van der Waals surface area contributed by atoms with E-state index in [0.717, 1.165) is 25.7 Å². The second-order valence-corrected chi connectivity index (χ2v) is 9.34. The van der Waals surface area contributed by atoms with Crippen LogP contribution in [-0.4, -0.2) is 52.0 Å². The maximum atomic E-state index is 12.4. The number of hydrogen-bond donors (Lipinski definition) is 3. The first-order chi connectivity index (χ1) is 12.6. The van der Waals surface area contributed by atoms with E-state index in [2.05, 4.69) is 20.8 Å². The van der Waals surface area contributed by atoms with Crippen LogP contribution in [-0.2, 0) is 14.3 Å². The highest BCUT2D eigenvalue weighted by molar-refractivity contribution is 5.70. The molecule has 2 aliphatic carbocycles. The standard InChI is InChI=1S/C21H34O6/c1-5-6-7-8-16(23)27-14-11-13-12-26-18(24)21(13,25)20(4)15(22)9-10-19(2,3)17(14)20/h11,14-15,17-18,22,24-25H,5-10,12H2,1-4H3/t14-,15-,17-,18+,20-,21+/m1/s1. The van der Waals surface area contributed by atoms with E-state index in [1.165, 1.54) is 0 Å². The molecule has 0 aromatic rings. The second-order valence-electron chi connectivity index (χ2n) is 9.34. The van der Waals surface area contributed by atoms with Crippen LogP contribution in [0.1, 0.15) is 66.2 Å². The first-order valence-electron chi connectivity index (χ1n) is 10.2. The van der Waals surface area contributed by atoms with Crippen molar-refractivity contribution >= 4 is 5.97 Å². The van der Waals surface area contributed by atoms with E-state index < -0.39 is 29.5 Å². The van der Waals surface area contributed by atoms with Gasteiger partial charge in [0.05, 0.1) is 12.7 Å². The largest absolute Gasteiger partial charge is 0.458 e. The Kier molecular flexibility index (Phi) is 5.49. The Hall–Kier alpha value is -0.950. The van der Waals surface area contributed by atoms with Crippen LogP contribution in [0.5, 0.6) is 0 Å².